The van der Waals surface area contributed by atoms with E-state index in [-0.39, 0.29) is 18.9 Å². The Morgan fingerprint density at radius 2 is 1.80 bits per heavy atom. The van der Waals surface area contributed by atoms with Crippen molar-refractivity contribution in [2.75, 3.05) is 0 Å². The monoisotopic (exact) mass is 170 g/mol. The molecule has 0 nitrogen and oxygen atoms in total. The van der Waals surface area contributed by atoms with Crippen LogP contribution in [0.5, 0.6) is 0 Å². The maximum atomic E-state index is 2.20. The van der Waals surface area contributed by atoms with Crippen molar-refractivity contribution in [3.8, 4) is 0 Å². The van der Waals surface area contributed by atoms with Crippen LogP contribution in [0, 0.1) is 0 Å². The third-order valence-electron chi connectivity index (χ3n) is 0.250. The largest absolute Gasteiger partial charge is 0 e. The molecule has 0 spiro atoms. The first-order valence-corrected chi connectivity index (χ1v) is 3.58. The van der Waals surface area contributed by atoms with Crippen LogP contribution < -0.4 is 0 Å². The van der Waals surface area contributed by atoms with E-state index in [0.717, 1.165) is 0 Å². The molecule has 0 aromatic rings. The average Bonchev–Trinajstić information content (AvgIpc) is 1.37. The van der Waals surface area contributed by atoms with Gasteiger partial charge in [-0.15, -0.1) is 0 Å². The average molecular weight is 169 g/mol. The molecule has 0 aromatic carbocycles. The Morgan fingerprint density at radius 1 is 1.60 bits per heavy atom. The zero-order valence-electron chi connectivity index (χ0n) is 3.91. The normalized spacial score (nSPS) is 6.00. The molecule has 2 heteroatoms. The Hall–Kier alpha value is 1.40. The second-order valence-electron chi connectivity index (χ2n) is 0.750. The van der Waals surface area contributed by atoms with Crippen molar-refractivity contribution < 1.29 is 0 Å². The zero-order valence-corrected chi connectivity index (χ0v) is 6.77. The van der Waals surface area contributed by atoms with Gasteiger partial charge in [0.2, 0.25) is 0 Å². The molecule has 0 saturated heterocycles. The quantitative estimate of drug-likeness (QED) is 0.504. The summed E-state index contributed by atoms with van der Waals surface area (Å²) in [4.78, 5) is 0. The molecule has 0 unspecified atom stereocenters. The second-order valence-corrected chi connectivity index (χ2v) is 2.18. The van der Waals surface area contributed by atoms with E-state index in [9.17, 15) is 0 Å². The van der Waals surface area contributed by atoms with Crippen LogP contribution in [-0.2, 0) is 0 Å². The van der Waals surface area contributed by atoms with Gasteiger partial charge in [0.1, 0.15) is 0 Å². The summed E-state index contributed by atoms with van der Waals surface area (Å²) in [6, 6.07) is 0. The van der Waals surface area contributed by atoms with Crippen molar-refractivity contribution in [3.63, 3.8) is 0 Å². The molecule has 0 saturated carbocycles. The van der Waals surface area contributed by atoms with E-state index < -0.39 is 0 Å². The van der Waals surface area contributed by atoms with Gasteiger partial charge in [-0.3, -0.25) is 0 Å². The Bertz CT molecular complexity index is 8.85. The van der Waals surface area contributed by atoms with Crippen molar-refractivity contribution in [2.24, 2.45) is 0 Å². The molecule has 0 aliphatic rings. The molecule has 0 aliphatic heterocycles. The first-order chi connectivity index (χ1) is 1.91. The van der Waals surface area contributed by atoms with Gasteiger partial charge in [-0.25, -0.2) is 0 Å². The summed E-state index contributed by atoms with van der Waals surface area (Å²) in [7, 11) is 0. The third kappa shape index (κ3) is 10.8. The minimum absolute atomic E-state index is 0. The van der Waals surface area contributed by atoms with E-state index >= 15 is 0 Å². The van der Waals surface area contributed by atoms with Crippen molar-refractivity contribution in [3.05, 3.63) is 0 Å². The summed E-state index contributed by atoms with van der Waals surface area (Å²) in [5, 5.41) is 0. The molecule has 0 aromatic heterocycles. The summed E-state index contributed by atoms with van der Waals surface area (Å²) in [6.45, 7) is 2.20. The minimum Gasteiger partial charge on any atom is 0 e. The molecule has 0 rings (SSSR count). The van der Waals surface area contributed by atoms with Crippen LogP contribution in [0.15, 0.2) is 0 Å². The fourth-order valence-electron chi connectivity index (χ4n) is 0. The predicted molar refractivity (Wildman–Crippen MR) is 26.6 cm³/mol. The molecule has 4 radical (unpaired) electrons. The Morgan fingerprint density at radius 3 is 1.80 bits per heavy atom. The molecular weight excluding hydrogens is 162 g/mol. The summed E-state index contributed by atoms with van der Waals surface area (Å²) in [6.07, 6.45) is 1.36. The van der Waals surface area contributed by atoms with Crippen LogP contribution in [0.4, 0.5) is 0 Å². The number of hydrogen-bond acceptors (Lipinski definition) is 0. The predicted octanol–water partition coefficient (Wildman–Crippen LogP) is 0.602. The van der Waals surface area contributed by atoms with Crippen LogP contribution >= 0.6 is 0 Å². The van der Waals surface area contributed by atoms with Crippen molar-refractivity contribution in [2.45, 2.75) is 17.8 Å². The molecule has 0 amide bonds. The van der Waals surface area contributed by atoms with E-state index in [0.29, 0.717) is 0 Å². The van der Waals surface area contributed by atoms with E-state index in [1.807, 2.05) is 0 Å². The Kier molecular flexibility index (Phi) is 17.4. The van der Waals surface area contributed by atoms with E-state index in [1.54, 1.807) is 22.5 Å². The molecule has 0 bridgehead atoms. The van der Waals surface area contributed by atoms with E-state index in [4.69, 9.17) is 0 Å². The van der Waals surface area contributed by atoms with Crippen molar-refractivity contribution in [1.82, 2.24) is 0 Å². The van der Waals surface area contributed by atoms with Gasteiger partial charge in [-0.05, 0) is 0 Å². The van der Waals surface area contributed by atoms with Gasteiger partial charge in [0.15, 0.2) is 0 Å². The summed E-state index contributed by atoms with van der Waals surface area (Å²) in [5.74, 6) is 0. The first kappa shape index (κ1) is 9.64. The van der Waals surface area contributed by atoms with E-state index in [1.165, 1.54) is 10.9 Å². The molecule has 0 aliphatic carbocycles. The molecule has 0 heterocycles. The maximum Gasteiger partial charge on any atom is 0 e. The van der Waals surface area contributed by atoms with Gasteiger partial charge in [-0.2, -0.15) is 0 Å². The molecule has 0 N–H and O–H groups in total. The fraction of sp³-hybridized carbons (Fsp3) is 1.00. The summed E-state index contributed by atoms with van der Waals surface area (Å²) < 4.78 is 1.41. The fourth-order valence-corrected chi connectivity index (χ4v) is 0. The molecule has 0 fully saturated rings. The minimum atomic E-state index is 0. The van der Waals surface area contributed by atoms with Gasteiger partial charge in [0.25, 0.3) is 0 Å². The van der Waals surface area contributed by atoms with Crippen molar-refractivity contribution >= 4 is 41.4 Å². The van der Waals surface area contributed by atoms with Crippen LogP contribution in [0.1, 0.15) is 13.3 Å². The van der Waals surface area contributed by atoms with Gasteiger partial charge in [-0.1, -0.05) is 0 Å². The standard InChI is InChI=1S/C3H7.Li.Sn/c1-3-2;;/h1,3H2,2H3;;. The van der Waals surface area contributed by atoms with Crippen LogP contribution in [-0.4, -0.2) is 41.4 Å². The molecule has 5 heavy (non-hydrogen) atoms. The number of rotatable bonds is 1. The smallest absolute Gasteiger partial charge is 0 e. The van der Waals surface area contributed by atoms with E-state index in [2.05, 4.69) is 6.92 Å². The van der Waals surface area contributed by atoms with Gasteiger partial charge >= 0.3 is 40.3 Å². The topological polar surface area (TPSA) is 0 Å². The Labute approximate surface area is 59.0 Å². The maximum absolute atomic E-state index is 2.20. The Balaban J connectivity index is 0. The summed E-state index contributed by atoms with van der Waals surface area (Å²) in [5.41, 5.74) is 0. The second kappa shape index (κ2) is 9.04. The molecule has 24 valence electrons. The van der Waals surface area contributed by atoms with Crippen molar-refractivity contribution in [1.29, 1.82) is 0 Å². The van der Waals surface area contributed by atoms with Gasteiger partial charge < -0.3 is 0 Å². The number of hydrogen-bond donors (Lipinski definition) is 0. The van der Waals surface area contributed by atoms with Crippen LogP contribution in [0.25, 0.3) is 0 Å². The van der Waals surface area contributed by atoms with Gasteiger partial charge in [0, 0.05) is 18.9 Å². The first-order valence-electron chi connectivity index (χ1n) is 1.56. The van der Waals surface area contributed by atoms with Crippen LogP contribution in [0.2, 0.25) is 4.44 Å². The summed E-state index contributed by atoms with van der Waals surface area (Å²) >= 11 is 1.67. The molecular formula is C3H7LiSn. The third-order valence-corrected chi connectivity index (χ3v) is 1.68. The SMILES string of the molecule is CC[CH2][Sn].[Li]. The van der Waals surface area contributed by atoms with Gasteiger partial charge in [0.05, 0.1) is 0 Å². The zero-order chi connectivity index (χ0) is 3.41. The molecule has 0 atom stereocenters. The van der Waals surface area contributed by atoms with Crippen LogP contribution in [0.3, 0.4) is 0 Å².